The van der Waals surface area contributed by atoms with Crippen LogP contribution < -0.4 is 9.80 Å². The Labute approximate surface area is 728 Å². The Morgan fingerprint density at radius 1 is 0.144 bits per heavy atom. The second kappa shape index (κ2) is 32.1. The maximum Gasteiger partial charge on any atom is 0.0542 e. The predicted octanol–water partition coefficient (Wildman–Crippen LogP) is 33.7. The number of rotatable bonds is 15. The predicted molar refractivity (Wildman–Crippen MR) is 533 cm³/mol. The normalized spacial score (nSPS) is 11.5. The van der Waals surface area contributed by atoms with Gasteiger partial charge in [0.2, 0.25) is 0 Å². The first kappa shape index (κ1) is 75.1. The number of hydrogen-bond donors (Lipinski definition) is 0. The molecule has 0 atom stereocenters. The minimum atomic E-state index is 1.13. The monoisotopic (exact) mass is 1590 g/mol. The second-order valence-corrected chi connectivity index (χ2v) is 32.9. The fourth-order valence-corrected chi connectivity index (χ4v) is 19.2. The van der Waals surface area contributed by atoms with E-state index in [1.54, 1.807) is 0 Å². The molecule has 0 radical (unpaired) electrons. The molecule has 0 unspecified atom stereocenters. The molecule has 2 heterocycles. The van der Waals surface area contributed by atoms with Crippen LogP contribution in [0.3, 0.4) is 0 Å². The minimum absolute atomic E-state index is 1.13. The lowest BCUT2D eigenvalue weighted by Crippen LogP contribution is -2.10. The SMILES string of the molecule is Cc1ccc(N(c2cccc(C)c2)c2ccc3c(c2)c2ccccc2n3-c2ccc(-c3c4ccccc4c(-c4ccc(-c5ccc(-c6ccccc6)cc5)cc4)c4ccccc34)cc2)cc1.Cc1ccc(N(c2ccccc2)c2ccc3c(c2)c2ccccc2n3-c2ccc(-c3c4ccccc4c(-c4ccc(-c5ccccc5)cc4)c4ccccc34)cc2)cc1. The fourth-order valence-electron chi connectivity index (χ4n) is 19.2. The zero-order valence-corrected chi connectivity index (χ0v) is 69.7. The summed E-state index contributed by atoms with van der Waals surface area (Å²) in [5.41, 5.74) is 34.7. The van der Waals surface area contributed by atoms with E-state index in [4.69, 9.17) is 0 Å². The number of aromatic nitrogens is 2. The Morgan fingerprint density at radius 2 is 0.376 bits per heavy atom. The van der Waals surface area contributed by atoms with E-state index in [0.717, 1.165) is 45.5 Å². The summed E-state index contributed by atoms with van der Waals surface area (Å²) < 4.78 is 4.83. The highest BCUT2D eigenvalue weighted by molar-refractivity contribution is 6.23. The maximum atomic E-state index is 2.42. The minimum Gasteiger partial charge on any atom is -0.310 e. The molecule has 590 valence electrons. The zero-order chi connectivity index (χ0) is 83.4. The Morgan fingerprint density at radius 3 is 0.704 bits per heavy atom. The van der Waals surface area contributed by atoms with Gasteiger partial charge in [-0.2, -0.15) is 0 Å². The molecule has 2 aromatic heterocycles. The van der Waals surface area contributed by atoms with Crippen molar-refractivity contribution >= 4 is 121 Å². The maximum absolute atomic E-state index is 2.42. The molecule has 0 spiro atoms. The van der Waals surface area contributed by atoms with Crippen LogP contribution in [0.4, 0.5) is 34.1 Å². The lowest BCUT2D eigenvalue weighted by molar-refractivity contribution is 1.18. The van der Waals surface area contributed by atoms with Gasteiger partial charge in [-0.05, 0) is 269 Å². The van der Waals surface area contributed by atoms with E-state index in [2.05, 4.69) is 507 Å². The van der Waals surface area contributed by atoms with Gasteiger partial charge in [-0.3, -0.25) is 0 Å². The summed E-state index contributed by atoms with van der Waals surface area (Å²) in [7, 11) is 0. The molecule has 23 aromatic rings. The number of benzene rings is 21. The van der Waals surface area contributed by atoms with Crippen molar-refractivity contribution in [3.8, 4) is 89.3 Å². The second-order valence-electron chi connectivity index (χ2n) is 32.9. The topological polar surface area (TPSA) is 16.3 Å². The summed E-state index contributed by atoms with van der Waals surface area (Å²) in [5, 5.41) is 14.9. The van der Waals surface area contributed by atoms with Crippen LogP contribution in [0.5, 0.6) is 0 Å². The molecule has 4 nitrogen and oxygen atoms in total. The van der Waals surface area contributed by atoms with Crippen molar-refractivity contribution in [1.29, 1.82) is 0 Å². The third kappa shape index (κ3) is 13.8. The standard InChI is InChI=1S/C64H46N2.C57H40N2/c1-43-23-35-51(36-24-43)65(53-16-12-13-44(2)41-53)54-39-40-62-60(42-54)55-17-10-11-22-61(55)66(62)52-37-33-50(34-38-52)64-58-20-8-6-18-56(58)63(57-19-7-9-21-59(57)64)49-31-29-48(30-32-49)47-27-25-46(26-28-47)45-14-4-3-5-15-45;1-39-24-32-45(33-25-39)58(44-16-6-3-7-17-44)47-36-37-55-53(38-47)48-18-12-13-23-54(48)59(55)46-34-30-43(31-35-46)57-51-21-10-8-19-49(51)56(50-20-9-11-22-52(50)57)42-28-26-41(27-29-42)40-14-4-2-5-15-40/h3-42H,1-2H3;2-38H,1H3. The van der Waals surface area contributed by atoms with Gasteiger partial charge in [0.1, 0.15) is 0 Å². The molecule has 0 saturated heterocycles. The van der Waals surface area contributed by atoms with E-state index < -0.39 is 0 Å². The van der Waals surface area contributed by atoms with Gasteiger partial charge in [-0.25, -0.2) is 0 Å². The van der Waals surface area contributed by atoms with Crippen LogP contribution in [-0.2, 0) is 0 Å². The summed E-state index contributed by atoms with van der Waals surface area (Å²) in [6.45, 7) is 6.44. The van der Waals surface area contributed by atoms with E-state index in [9.17, 15) is 0 Å². The molecule has 0 aliphatic carbocycles. The van der Waals surface area contributed by atoms with Crippen molar-refractivity contribution in [3.05, 3.63) is 484 Å². The molecule has 0 N–H and O–H groups in total. The van der Waals surface area contributed by atoms with Crippen LogP contribution in [-0.4, -0.2) is 9.13 Å². The molecular formula is C121H86N4. The molecule has 0 aliphatic rings. The Balaban J connectivity index is 0.000000149. The van der Waals surface area contributed by atoms with Crippen LogP contribution in [0.1, 0.15) is 16.7 Å². The van der Waals surface area contributed by atoms with Crippen molar-refractivity contribution in [2.75, 3.05) is 9.80 Å². The largest absolute Gasteiger partial charge is 0.310 e. The number of para-hydroxylation sites is 3. The average molecular weight is 1600 g/mol. The smallest absolute Gasteiger partial charge is 0.0542 e. The van der Waals surface area contributed by atoms with Gasteiger partial charge in [0, 0.05) is 67.0 Å². The first-order chi connectivity index (χ1) is 61.7. The first-order valence-corrected chi connectivity index (χ1v) is 43.2. The van der Waals surface area contributed by atoms with Gasteiger partial charge in [-0.15, -0.1) is 0 Å². The molecule has 21 aromatic carbocycles. The average Bonchev–Trinajstić information content (AvgIpc) is 1.68. The number of aryl methyl sites for hydroxylation is 3. The molecule has 0 aliphatic heterocycles. The molecule has 0 bridgehead atoms. The lowest BCUT2D eigenvalue weighted by atomic mass is 9.85. The van der Waals surface area contributed by atoms with E-state index in [0.29, 0.717) is 0 Å². The number of fused-ring (bicyclic) bond motifs is 10. The first-order valence-electron chi connectivity index (χ1n) is 43.2. The van der Waals surface area contributed by atoms with Gasteiger partial charge in [0.15, 0.2) is 0 Å². The fraction of sp³-hybridized carbons (Fsp3) is 0.0248. The summed E-state index contributed by atoms with van der Waals surface area (Å²) in [6, 6.07) is 171. The van der Waals surface area contributed by atoms with E-state index >= 15 is 0 Å². The third-order valence-electron chi connectivity index (χ3n) is 25.2. The lowest BCUT2D eigenvalue weighted by Gasteiger charge is -2.26. The van der Waals surface area contributed by atoms with Crippen LogP contribution in [0, 0.1) is 20.8 Å². The van der Waals surface area contributed by atoms with Gasteiger partial charge < -0.3 is 18.9 Å². The third-order valence-corrected chi connectivity index (χ3v) is 25.2. The van der Waals surface area contributed by atoms with E-state index in [1.165, 1.54) is 181 Å². The molecule has 4 heteroatoms. The van der Waals surface area contributed by atoms with Crippen molar-refractivity contribution in [1.82, 2.24) is 9.13 Å². The Bertz CT molecular complexity index is 7860. The van der Waals surface area contributed by atoms with E-state index in [1.807, 2.05) is 0 Å². The molecule has 125 heavy (non-hydrogen) atoms. The molecular weight excluding hydrogens is 1510 g/mol. The van der Waals surface area contributed by atoms with Crippen LogP contribution in [0.2, 0.25) is 0 Å². The number of anilines is 6. The van der Waals surface area contributed by atoms with Crippen molar-refractivity contribution in [2.24, 2.45) is 0 Å². The number of nitrogens with zero attached hydrogens (tertiary/aromatic N) is 4. The molecule has 0 fully saturated rings. The van der Waals surface area contributed by atoms with Gasteiger partial charge in [0.05, 0.1) is 22.1 Å². The van der Waals surface area contributed by atoms with E-state index in [-0.39, 0.29) is 0 Å². The zero-order valence-electron chi connectivity index (χ0n) is 69.7. The van der Waals surface area contributed by atoms with Crippen LogP contribution >= 0.6 is 0 Å². The van der Waals surface area contributed by atoms with Crippen molar-refractivity contribution in [3.63, 3.8) is 0 Å². The highest BCUT2D eigenvalue weighted by Crippen LogP contribution is 2.49. The van der Waals surface area contributed by atoms with Crippen LogP contribution in [0.25, 0.3) is 176 Å². The molecule has 0 saturated carbocycles. The summed E-state index contributed by atoms with van der Waals surface area (Å²) >= 11 is 0. The van der Waals surface area contributed by atoms with Gasteiger partial charge in [-0.1, -0.05) is 357 Å². The Kier molecular flexibility index (Phi) is 19.3. The summed E-state index contributed by atoms with van der Waals surface area (Å²) in [5.74, 6) is 0. The summed E-state index contributed by atoms with van der Waals surface area (Å²) in [4.78, 5) is 4.72. The highest BCUT2D eigenvalue weighted by Gasteiger charge is 2.24. The number of hydrogen-bond acceptors (Lipinski definition) is 2. The van der Waals surface area contributed by atoms with Gasteiger partial charge in [0.25, 0.3) is 0 Å². The summed E-state index contributed by atoms with van der Waals surface area (Å²) in [6.07, 6.45) is 0. The van der Waals surface area contributed by atoms with Crippen molar-refractivity contribution in [2.45, 2.75) is 20.8 Å². The van der Waals surface area contributed by atoms with Crippen molar-refractivity contribution < 1.29 is 0 Å². The molecule has 0 amide bonds. The highest BCUT2D eigenvalue weighted by atomic mass is 15.1. The van der Waals surface area contributed by atoms with Crippen LogP contribution in [0.15, 0.2) is 467 Å². The Hall–Kier alpha value is -16.1. The molecule has 23 rings (SSSR count). The quantitative estimate of drug-likeness (QED) is 0.0951. The van der Waals surface area contributed by atoms with Gasteiger partial charge >= 0.3 is 0 Å².